The van der Waals surface area contributed by atoms with Crippen LogP contribution in [0.15, 0.2) is 62.3 Å². The van der Waals surface area contributed by atoms with Gasteiger partial charge < -0.3 is 14.3 Å². The number of hydrogen-bond acceptors (Lipinski definition) is 6. The van der Waals surface area contributed by atoms with Crippen molar-refractivity contribution in [3.63, 3.8) is 0 Å². The van der Waals surface area contributed by atoms with Crippen molar-refractivity contribution in [2.75, 3.05) is 0 Å². The lowest BCUT2D eigenvalue weighted by Gasteiger charge is -2.01. The molecule has 0 bridgehead atoms. The van der Waals surface area contributed by atoms with Crippen LogP contribution in [0.4, 0.5) is 0 Å². The van der Waals surface area contributed by atoms with Crippen LogP contribution in [0.1, 0.15) is 23.2 Å². The zero-order valence-electron chi connectivity index (χ0n) is 14.5. The zero-order chi connectivity index (χ0) is 18.8. The van der Waals surface area contributed by atoms with Gasteiger partial charge in [0.25, 0.3) is 5.91 Å². The Morgan fingerprint density at radius 3 is 2.78 bits per heavy atom. The molecule has 0 atom stereocenters. The Kier molecular flexibility index (Phi) is 4.29. The van der Waals surface area contributed by atoms with Crippen molar-refractivity contribution in [3.05, 3.63) is 70.5 Å². The van der Waals surface area contributed by atoms with E-state index in [9.17, 15) is 9.59 Å². The summed E-state index contributed by atoms with van der Waals surface area (Å²) in [5.74, 6) is 0.0104. The van der Waals surface area contributed by atoms with E-state index in [0.29, 0.717) is 34.6 Å². The Morgan fingerprint density at radius 2 is 2.00 bits per heavy atom. The van der Waals surface area contributed by atoms with Gasteiger partial charge in [0.1, 0.15) is 0 Å². The van der Waals surface area contributed by atoms with Gasteiger partial charge in [-0.15, -0.1) is 0 Å². The Balaban J connectivity index is 1.51. The van der Waals surface area contributed by atoms with Crippen LogP contribution in [0.3, 0.4) is 0 Å². The number of fused-ring (bicyclic) bond motifs is 1. The maximum absolute atomic E-state index is 12.1. The lowest BCUT2D eigenvalue weighted by molar-refractivity contribution is 0.0946. The predicted octanol–water partition coefficient (Wildman–Crippen LogP) is 2.59. The first-order valence-electron chi connectivity index (χ1n) is 8.45. The average Bonchev–Trinajstić information content (AvgIpc) is 3.29. The summed E-state index contributed by atoms with van der Waals surface area (Å²) in [5.41, 5.74) is 2.38. The number of nitrogens with one attached hydrogen (secondary N) is 1. The van der Waals surface area contributed by atoms with Crippen LogP contribution in [0, 0.1) is 0 Å². The van der Waals surface area contributed by atoms with E-state index in [0.717, 1.165) is 0 Å². The van der Waals surface area contributed by atoms with Crippen molar-refractivity contribution >= 4 is 17.0 Å². The summed E-state index contributed by atoms with van der Waals surface area (Å²) < 4.78 is 12.0. The summed E-state index contributed by atoms with van der Waals surface area (Å²) in [6.45, 7) is 2.52. The molecule has 1 N–H and O–H groups in total. The molecule has 0 aliphatic heterocycles. The Bertz CT molecular complexity index is 1160. The van der Waals surface area contributed by atoms with Gasteiger partial charge in [0.05, 0.1) is 12.1 Å². The number of carbonyl (C=O) groups excluding carboxylic acids is 1. The molecule has 0 saturated carbocycles. The smallest absolute Gasteiger partial charge is 0.408 e. The molecule has 2 heterocycles. The lowest BCUT2D eigenvalue weighted by atomic mass is 10.2. The van der Waals surface area contributed by atoms with E-state index in [1.165, 1.54) is 0 Å². The molecule has 8 nitrogen and oxygen atoms in total. The predicted molar refractivity (Wildman–Crippen MR) is 97.1 cm³/mol. The van der Waals surface area contributed by atoms with Crippen LogP contribution in [0.25, 0.3) is 22.5 Å². The monoisotopic (exact) mass is 364 g/mol. The number of carbonyl (C=O) groups is 1. The van der Waals surface area contributed by atoms with E-state index in [2.05, 4.69) is 15.5 Å². The first-order valence-corrected chi connectivity index (χ1v) is 8.45. The normalized spacial score (nSPS) is 11.0. The number of oxazole rings is 1. The molecule has 0 aliphatic carbocycles. The fourth-order valence-electron chi connectivity index (χ4n) is 2.80. The molecule has 2 aromatic heterocycles. The van der Waals surface area contributed by atoms with E-state index in [1.807, 2.05) is 13.0 Å². The molecule has 0 radical (unpaired) electrons. The van der Waals surface area contributed by atoms with Gasteiger partial charge in [-0.3, -0.25) is 9.36 Å². The molecule has 0 fully saturated rings. The molecule has 0 spiro atoms. The van der Waals surface area contributed by atoms with E-state index in [1.54, 1.807) is 47.0 Å². The summed E-state index contributed by atoms with van der Waals surface area (Å²) >= 11 is 0. The van der Waals surface area contributed by atoms with Gasteiger partial charge in [-0.1, -0.05) is 23.4 Å². The van der Waals surface area contributed by atoms with Crippen molar-refractivity contribution in [1.29, 1.82) is 0 Å². The number of aryl methyl sites for hydroxylation is 1. The van der Waals surface area contributed by atoms with Crippen LogP contribution < -0.4 is 11.1 Å². The minimum Gasteiger partial charge on any atom is -0.408 e. The van der Waals surface area contributed by atoms with Gasteiger partial charge in [-0.2, -0.15) is 4.98 Å². The fourth-order valence-corrected chi connectivity index (χ4v) is 2.80. The molecule has 2 aromatic carbocycles. The number of aromatic nitrogens is 3. The molecular weight excluding hydrogens is 348 g/mol. The van der Waals surface area contributed by atoms with Crippen LogP contribution in [-0.2, 0) is 13.1 Å². The van der Waals surface area contributed by atoms with Gasteiger partial charge in [0, 0.05) is 17.7 Å². The third-order valence-corrected chi connectivity index (χ3v) is 4.15. The SMILES string of the molecule is CCn1c(=O)oc2cc(-c3noc(CNC(=O)c4ccccc4)n3)ccc21. The number of amides is 1. The third-order valence-electron chi connectivity index (χ3n) is 4.15. The third kappa shape index (κ3) is 3.24. The molecule has 0 saturated heterocycles. The highest BCUT2D eigenvalue weighted by atomic mass is 16.5. The first kappa shape index (κ1) is 16.8. The van der Waals surface area contributed by atoms with Gasteiger partial charge >= 0.3 is 5.76 Å². The summed E-state index contributed by atoms with van der Waals surface area (Å²) in [5, 5.41) is 6.66. The quantitative estimate of drug-likeness (QED) is 0.584. The molecule has 4 rings (SSSR count). The van der Waals surface area contributed by atoms with Crippen molar-refractivity contribution in [2.45, 2.75) is 20.0 Å². The number of nitrogens with zero attached hydrogens (tertiary/aromatic N) is 3. The molecule has 0 aliphatic rings. The molecule has 4 aromatic rings. The van der Waals surface area contributed by atoms with Crippen LogP contribution in [0.2, 0.25) is 0 Å². The van der Waals surface area contributed by atoms with Gasteiger partial charge in [-0.25, -0.2) is 4.79 Å². The highest BCUT2D eigenvalue weighted by Gasteiger charge is 2.14. The summed E-state index contributed by atoms with van der Waals surface area (Å²) in [6, 6.07) is 14.1. The minimum atomic E-state index is -0.401. The van der Waals surface area contributed by atoms with Crippen molar-refractivity contribution < 1.29 is 13.7 Å². The topological polar surface area (TPSA) is 103 Å². The number of rotatable bonds is 5. The van der Waals surface area contributed by atoms with Crippen molar-refractivity contribution in [3.8, 4) is 11.4 Å². The summed E-state index contributed by atoms with van der Waals surface area (Å²) in [7, 11) is 0. The number of benzene rings is 2. The first-order chi connectivity index (χ1) is 13.2. The summed E-state index contributed by atoms with van der Waals surface area (Å²) in [4.78, 5) is 28.1. The second-order valence-electron chi connectivity index (χ2n) is 5.86. The van der Waals surface area contributed by atoms with E-state index in [-0.39, 0.29) is 18.3 Å². The number of hydrogen-bond donors (Lipinski definition) is 1. The standard InChI is InChI=1S/C19H16N4O4/c1-2-23-14-9-8-13(10-15(14)26-19(23)25)17-21-16(27-22-17)11-20-18(24)12-6-4-3-5-7-12/h3-10H,2,11H2,1H3,(H,20,24). The molecular formula is C19H16N4O4. The molecule has 27 heavy (non-hydrogen) atoms. The van der Waals surface area contributed by atoms with Gasteiger partial charge in [-0.05, 0) is 37.3 Å². The van der Waals surface area contributed by atoms with Crippen molar-refractivity contribution in [1.82, 2.24) is 20.0 Å². The fraction of sp³-hybridized carbons (Fsp3) is 0.158. The average molecular weight is 364 g/mol. The highest BCUT2D eigenvalue weighted by Crippen LogP contribution is 2.22. The van der Waals surface area contributed by atoms with Crippen LogP contribution >= 0.6 is 0 Å². The maximum Gasteiger partial charge on any atom is 0.419 e. The van der Waals surface area contributed by atoms with Crippen LogP contribution in [0.5, 0.6) is 0 Å². The van der Waals surface area contributed by atoms with E-state index < -0.39 is 5.76 Å². The van der Waals surface area contributed by atoms with Crippen molar-refractivity contribution in [2.24, 2.45) is 0 Å². The maximum atomic E-state index is 12.1. The second kappa shape index (κ2) is 6.91. The Morgan fingerprint density at radius 1 is 1.19 bits per heavy atom. The van der Waals surface area contributed by atoms with Crippen LogP contribution in [-0.4, -0.2) is 20.6 Å². The lowest BCUT2D eigenvalue weighted by Crippen LogP contribution is -2.22. The Hall–Kier alpha value is -3.68. The second-order valence-corrected chi connectivity index (χ2v) is 5.86. The molecule has 0 unspecified atom stereocenters. The highest BCUT2D eigenvalue weighted by molar-refractivity contribution is 5.94. The van der Waals surface area contributed by atoms with E-state index >= 15 is 0 Å². The summed E-state index contributed by atoms with van der Waals surface area (Å²) in [6.07, 6.45) is 0. The van der Waals surface area contributed by atoms with Gasteiger partial charge in [0.2, 0.25) is 11.7 Å². The van der Waals surface area contributed by atoms with E-state index in [4.69, 9.17) is 8.94 Å². The minimum absolute atomic E-state index is 0.115. The largest absolute Gasteiger partial charge is 0.419 e. The molecule has 136 valence electrons. The zero-order valence-corrected chi connectivity index (χ0v) is 14.5. The Labute approximate surface area is 153 Å². The molecule has 8 heteroatoms. The van der Waals surface area contributed by atoms with Gasteiger partial charge in [0.15, 0.2) is 5.58 Å². The molecule has 1 amide bonds.